The van der Waals surface area contributed by atoms with Gasteiger partial charge in [0, 0.05) is 32.0 Å². The first-order valence-electron chi connectivity index (χ1n) is 8.03. The molecule has 1 amide bonds. The van der Waals surface area contributed by atoms with Crippen LogP contribution in [0.3, 0.4) is 0 Å². The van der Waals surface area contributed by atoms with Gasteiger partial charge in [-0.25, -0.2) is 0 Å². The quantitative estimate of drug-likeness (QED) is 0.903. The van der Waals surface area contributed by atoms with E-state index in [1.54, 1.807) is 18.4 Å². The van der Waals surface area contributed by atoms with E-state index in [0.717, 1.165) is 25.9 Å². The van der Waals surface area contributed by atoms with Crippen molar-refractivity contribution < 1.29 is 13.7 Å². The molecule has 3 rings (SSSR count). The van der Waals surface area contributed by atoms with Gasteiger partial charge in [-0.05, 0) is 37.8 Å². The summed E-state index contributed by atoms with van der Waals surface area (Å²) in [6.45, 7) is 3.56. The Balaban J connectivity index is 1.53. The summed E-state index contributed by atoms with van der Waals surface area (Å²) in [4.78, 5) is 18.5. The molecule has 0 radical (unpaired) electrons. The van der Waals surface area contributed by atoms with E-state index >= 15 is 0 Å². The van der Waals surface area contributed by atoms with E-state index in [2.05, 4.69) is 10.1 Å². The number of amides is 1. The third-order valence-electron chi connectivity index (χ3n) is 4.32. The van der Waals surface area contributed by atoms with Crippen molar-refractivity contribution in [3.05, 3.63) is 24.3 Å². The molecule has 0 bridgehead atoms. The number of aromatic nitrogens is 2. The molecule has 2 unspecified atom stereocenters. The molecule has 7 heteroatoms. The molecule has 23 heavy (non-hydrogen) atoms. The summed E-state index contributed by atoms with van der Waals surface area (Å²) >= 11 is 0. The number of rotatable bonds is 5. The van der Waals surface area contributed by atoms with Crippen LogP contribution in [-0.4, -0.2) is 40.1 Å². The van der Waals surface area contributed by atoms with Crippen molar-refractivity contribution in [3.63, 3.8) is 0 Å². The van der Waals surface area contributed by atoms with Gasteiger partial charge >= 0.3 is 0 Å². The van der Waals surface area contributed by atoms with Crippen LogP contribution < -0.4 is 5.73 Å². The molecule has 1 fully saturated rings. The van der Waals surface area contributed by atoms with Crippen molar-refractivity contribution in [1.82, 2.24) is 15.0 Å². The molecule has 0 aliphatic carbocycles. The SMILES string of the molecule is CC(N)C1CCCN(C(=O)CCc2nc(-c3ccco3)no2)C1. The highest BCUT2D eigenvalue weighted by atomic mass is 16.5. The summed E-state index contributed by atoms with van der Waals surface area (Å²) in [5, 5.41) is 3.86. The zero-order chi connectivity index (χ0) is 16.2. The number of likely N-dealkylation sites (tertiary alicyclic amines) is 1. The lowest BCUT2D eigenvalue weighted by molar-refractivity contribution is -0.133. The van der Waals surface area contributed by atoms with Gasteiger partial charge in [0.25, 0.3) is 0 Å². The Bertz CT molecular complexity index is 636. The number of aryl methyl sites for hydroxylation is 1. The van der Waals surface area contributed by atoms with Crippen molar-refractivity contribution >= 4 is 5.91 Å². The number of carbonyl (C=O) groups is 1. The summed E-state index contributed by atoms with van der Waals surface area (Å²) < 4.78 is 10.4. The molecule has 2 N–H and O–H groups in total. The topological polar surface area (TPSA) is 98.4 Å². The van der Waals surface area contributed by atoms with Crippen molar-refractivity contribution in [2.45, 2.75) is 38.6 Å². The van der Waals surface area contributed by atoms with Gasteiger partial charge in [-0.2, -0.15) is 4.98 Å². The zero-order valence-corrected chi connectivity index (χ0v) is 13.3. The molecule has 2 aromatic heterocycles. The van der Waals surface area contributed by atoms with Gasteiger partial charge in [-0.3, -0.25) is 4.79 Å². The lowest BCUT2D eigenvalue weighted by Crippen LogP contribution is -2.45. The predicted octanol–water partition coefficient (Wildman–Crippen LogP) is 1.85. The van der Waals surface area contributed by atoms with E-state index in [1.807, 2.05) is 11.8 Å². The van der Waals surface area contributed by atoms with Gasteiger partial charge in [-0.15, -0.1) is 0 Å². The van der Waals surface area contributed by atoms with Crippen molar-refractivity contribution in [2.24, 2.45) is 11.7 Å². The minimum atomic E-state index is 0.119. The van der Waals surface area contributed by atoms with Crippen LogP contribution in [0.1, 0.15) is 32.1 Å². The maximum Gasteiger partial charge on any atom is 0.238 e. The van der Waals surface area contributed by atoms with Gasteiger partial charge < -0.3 is 19.6 Å². The van der Waals surface area contributed by atoms with Crippen molar-refractivity contribution in [2.75, 3.05) is 13.1 Å². The Kier molecular flexibility index (Phi) is 4.76. The second kappa shape index (κ2) is 6.95. The molecule has 3 heterocycles. The number of furan rings is 1. The number of hydrogen-bond acceptors (Lipinski definition) is 6. The highest BCUT2D eigenvalue weighted by molar-refractivity contribution is 5.76. The van der Waals surface area contributed by atoms with Crippen LogP contribution in [0, 0.1) is 5.92 Å². The van der Waals surface area contributed by atoms with Crippen LogP contribution >= 0.6 is 0 Å². The molecule has 1 aliphatic rings. The van der Waals surface area contributed by atoms with Crippen LogP contribution in [0.2, 0.25) is 0 Å². The summed E-state index contributed by atoms with van der Waals surface area (Å²) in [6, 6.07) is 3.65. The smallest absolute Gasteiger partial charge is 0.238 e. The molecular formula is C16H22N4O3. The van der Waals surface area contributed by atoms with Crippen LogP contribution in [-0.2, 0) is 11.2 Å². The molecule has 0 aromatic carbocycles. The largest absolute Gasteiger partial charge is 0.461 e. The molecular weight excluding hydrogens is 296 g/mol. The van der Waals surface area contributed by atoms with E-state index < -0.39 is 0 Å². The monoisotopic (exact) mass is 318 g/mol. The fourth-order valence-corrected chi connectivity index (χ4v) is 2.90. The van der Waals surface area contributed by atoms with E-state index in [0.29, 0.717) is 36.2 Å². The van der Waals surface area contributed by atoms with E-state index in [9.17, 15) is 4.79 Å². The first kappa shape index (κ1) is 15.7. The van der Waals surface area contributed by atoms with Gasteiger partial charge in [0.2, 0.25) is 17.6 Å². The van der Waals surface area contributed by atoms with Gasteiger partial charge in [0.15, 0.2) is 5.76 Å². The van der Waals surface area contributed by atoms with Crippen LogP contribution in [0.4, 0.5) is 0 Å². The molecule has 2 atom stereocenters. The van der Waals surface area contributed by atoms with Crippen LogP contribution in [0.25, 0.3) is 11.6 Å². The molecule has 1 aliphatic heterocycles. The Labute approximate surface area is 134 Å². The maximum atomic E-state index is 12.4. The fraction of sp³-hybridized carbons (Fsp3) is 0.562. The highest BCUT2D eigenvalue weighted by Gasteiger charge is 2.25. The second-order valence-electron chi connectivity index (χ2n) is 6.09. The summed E-state index contributed by atoms with van der Waals surface area (Å²) in [6.07, 6.45) is 4.47. The minimum absolute atomic E-state index is 0.119. The maximum absolute atomic E-state index is 12.4. The Morgan fingerprint density at radius 1 is 1.57 bits per heavy atom. The number of piperidine rings is 1. The van der Waals surface area contributed by atoms with E-state index in [-0.39, 0.29) is 11.9 Å². The Morgan fingerprint density at radius 2 is 2.43 bits per heavy atom. The first-order chi connectivity index (χ1) is 11.1. The first-order valence-corrected chi connectivity index (χ1v) is 8.03. The average molecular weight is 318 g/mol. The van der Waals surface area contributed by atoms with Crippen LogP contribution in [0.15, 0.2) is 27.3 Å². The van der Waals surface area contributed by atoms with Crippen LogP contribution in [0.5, 0.6) is 0 Å². The van der Waals surface area contributed by atoms with Crippen molar-refractivity contribution in [3.8, 4) is 11.6 Å². The van der Waals surface area contributed by atoms with Crippen molar-refractivity contribution in [1.29, 1.82) is 0 Å². The molecule has 124 valence electrons. The lowest BCUT2D eigenvalue weighted by atomic mass is 9.92. The standard InChI is InChI=1S/C16H22N4O3/c1-11(17)12-4-2-8-20(10-12)15(21)7-6-14-18-16(19-23-14)13-5-3-9-22-13/h3,5,9,11-12H,2,4,6-8,10,17H2,1H3. The number of nitrogens with two attached hydrogens (primary N) is 1. The van der Waals surface area contributed by atoms with Gasteiger partial charge in [-0.1, -0.05) is 5.16 Å². The molecule has 2 aromatic rings. The third kappa shape index (κ3) is 3.79. The molecule has 0 saturated carbocycles. The molecule has 1 saturated heterocycles. The minimum Gasteiger partial charge on any atom is -0.461 e. The Morgan fingerprint density at radius 3 is 3.17 bits per heavy atom. The summed E-state index contributed by atoms with van der Waals surface area (Å²) in [7, 11) is 0. The zero-order valence-electron chi connectivity index (χ0n) is 13.3. The Hall–Kier alpha value is -2.15. The van der Waals surface area contributed by atoms with Gasteiger partial charge in [0.05, 0.1) is 6.26 Å². The lowest BCUT2D eigenvalue weighted by Gasteiger charge is -2.34. The van der Waals surface area contributed by atoms with Gasteiger partial charge in [0.1, 0.15) is 0 Å². The third-order valence-corrected chi connectivity index (χ3v) is 4.32. The second-order valence-corrected chi connectivity index (χ2v) is 6.09. The van der Waals surface area contributed by atoms with E-state index in [4.69, 9.17) is 14.7 Å². The fourth-order valence-electron chi connectivity index (χ4n) is 2.90. The van der Waals surface area contributed by atoms with E-state index in [1.165, 1.54) is 0 Å². The summed E-state index contributed by atoms with van der Waals surface area (Å²) in [5.74, 6) is 1.93. The number of nitrogens with zero attached hydrogens (tertiary/aromatic N) is 3. The average Bonchev–Trinajstić information content (AvgIpc) is 3.23. The predicted molar refractivity (Wildman–Crippen MR) is 83.3 cm³/mol. The number of carbonyl (C=O) groups excluding carboxylic acids is 1. The molecule has 7 nitrogen and oxygen atoms in total. The molecule has 0 spiro atoms. The summed E-state index contributed by atoms with van der Waals surface area (Å²) in [5.41, 5.74) is 5.96. The normalized spacial score (nSPS) is 19.7. The highest BCUT2D eigenvalue weighted by Crippen LogP contribution is 2.20. The number of hydrogen-bond donors (Lipinski definition) is 1.